The molecule has 23 heavy (non-hydrogen) atoms. The van der Waals surface area contributed by atoms with Crippen LogP contribution in [0.25, 0.3) is 11.0 Å². The summed E-state index contributed by atoms with van der Waals surface area (Å²) in [6.07, 6.45) is 4.70. The first kappa shape index (κ1) is 15.6. The minimum Gasteiger partial charge on any atom is -0.444 e. The summed E-state index contributed by atoms with van der Waals surface area (Å²) in [5.41, 5.74) is 1.65. The van der Waals surface area contributed by atoms with Crippen LogP contribution in [0, 0.1) is 0 Å². The molecule has 7 heteroatoms. The van der Waals surface area contributed by atoms with Gasteiger partial charge in [-0.15, -0.1) is 0 Å². The third-order valence-electron chi connectivity index (χ3n) is 4.09. The summed E-state index contributed by atoms with van der Waals surface area (Å²) in [6.45, 7) is 6.90. The van der Waals surface area contributed by atoms with Gasteiger partial charge in [0.05, 0.1) is 11.8 Å². The number of hydrogen-bond acceptors (Lipinski definition) is 4. The van der Waals surface area contributed by atoms with Gasteiger partial charge >= 0.3 is 6.09 Å². The van der Waals surface area contributed by atoms with E-state index in [9.17, 15) is 9.59 Å². The van der Waals surface area contributed by atoms with Gasteiger partial charge in [0.2, 0.25) is 0 Å². The summed E-state index contributed by atoms with van der Waals surface area (Å²) in [5.74, 6) is 0.289. The van der Waals surface area contributed by atoms with Crippen LogP contribution in [-0.4, -0.2) is 44.6 Å². The van der Waals surface area contributed by atoms with Crippen molar-refractivity contribution in [1.29, 1.82) is 0 Å². The lowest BCUT2D eigenvalue weighted by molar-refractivity contribution is 0.0205. The molecule has 3 rings (SSSR count). The number of aromatic amines is 2. The van der Waals surface area contributed by atoms with Crippen LogP contribution in [0.2, 0.25) is 0 Å². The summed E-state index contributed by atoms with van der Waals surface area (Å²) in [5, 5.41) is 0. The van der Waals surface area contributed by atoms with E-state index in [0.29, 0.717) is 18.6 Å². The molecule has 3 heterocycles. The average Bonchev–Trinajstić information content (AvgIpc) is 2.91. The predicted molar refractivity (Wildman–Crippen MR) is 86.5 cm³/mol. The number of carbonyl (C=O) groups is 1. The van der Waals surface area contributed by atoms with E-state index in [-0.39, 0.29) is 17.6 Å². The fourth-order valence-electron chi connectivity index (χ4n) is 2.98. The van der Waals surface area contributed by atoms with Gasteiger partial charge in [0.25, 0.3) is 5.56 Å². The van der Waals surface area contributed by atoms with Gasteiger partial charge in [0, 0.05) is 19.3 Å². The predicted octanol–water partition coefficient (Wildman–Crippen LogP) is 2.37. The summed E-state index contributed by atoms with van der Waals surface area (Å²) in [4.78, 5) is 35.5. The fraction of sp³-hybridized carbons (Fsp3) is 0.562. The van der Waals surface area contributed by atoms with Crippen molar-refractivity contribution < 1.29 is 9.53 Å². The number of likely N-dealkylation sites (tertiary alicyclic amines) is 1. The number of nitrogens with one attached hydrogen (secondary N) is 2. The molecule has 1 saturated heterocycles. The maximum Gasteiger partial charge on any atom is 0.410 e. The van der Waals surface area contributed by atoms with Crippen molar-refractivity contribution in [1.82, 2.24) is 19.9 Å². The van der Waals surface area contributed by atoms with E-state index < -0.39 is 5.60 Å². The zero-order valence-corrected chi connectivity index (χ0v) is 13.7. The van der Waals surface area contributed by atoms with Crippen LogP contribution in [0.5, 0.6) is 0 Å². The minimum atomic E-state index is -0.476. The van der Waals surface area contributed by atoms with Crippen molar-refractivity contribution in [2.75, 3.05) is 13.1 Å². The first-order valence-electron chi connectivity index (χ1n) is 7.88. The van der Waals surface area contributed by atoms with Crippen LogP contribution < -0.4 is 5.56 Å². The lowest BCUT2D eigenvalue weighted by Crippen LogP contribution is -2.41. The molecule has 1 aliphatic rings. The van der Waals surface area contributed by atoms with Gasteiger partial charge in [-0.3, -0.25) is 4.79 Å². The molecule has 7 nitrogen and oxygen atoms in total. The number of carbonyl (C=O) groups excluding carboxylic acids is 1. The van der Waals surface area contributed by atoms with Crippen LogP contribution in [0.1, 0.15) is 45.1 Å². The summed E-state index contributed by atoms with van der Waals surface area (Å²) in [7, 11) is 0. The SMILES string of the molecule is CC(C)(C)OC(=O)N1CCC(c2c[nH]c3c(=O)[nH]cnc23)CC1. The molecule has 2 N–H and O–H groups in total. The Morgan fingerprint density at radius 1 is 1.30 bits per heavy atom. The molecule has 124 valence electrons. The van der Waals surface area contributed by atoms with Gasteiger partial charge in [-0.1, -0.05) is 0 Å². The Morgan fingerprint density at radius 3 is 2.65 bits per heavy atom. The van der Waals surface area contributed by atoms with Gasteiger partial charge in [-0.25, -0.2) is 9.78 Å². The molecule has 0 unspecified atom stereocenters. The number of piperidine rings is 1. The van der Waals surface area contributed by atoms with Crippen molar-refractivity contribution in [2.24, 2.45) is 0 Å². The van der Waals surface area contributed by atoms with Crippen molar-refractivity contribution >= 4 is 17.1 Å². The maximum atomic E-state index is 12.1. The highest BCUT2D eigenvalue weighted by Gasteiger charge is 2.28. The number of hydrogen-bond donors (Lipinski definition) is 2. The van der Waals surface area contributed by atoms with Crippen molar-refractivity contribution in [3.05, 3.63) is 28.4 Å². The monoisotopic (exact) mass is 318 g/mol. The zero-order chi connectivity index (χ0) is 16.6. The molecule has 0 aliphatic carbocycles. The molecule has 0 bridgehead atoms. The number of fused-ring (bicyclic) bond motifs is 1. The van der Waals surface area contributed by atoms with E-state index in [2.05, 4.69) is 15.0 Å². The maximum absolute atomic E-state index is 12.1. The third-order valence-corrected chi connectivity index (χ3v) is 4.09. The Labute approximate surface area is 134 Å². The second kappa shape index (κ2) is 5.72. The second-order valence-corrected chi connectivity index (χ2v) is 6.94. The molecule has 0 radical (unpaired) electrons. The fourth-order valence-corrected chi connectivity index (χ4v) is 2.98. The minimum absolute atomic E-state index is 0.160. The van der Waals surface area contributed by atoms with Crippen LogP contribution in [0.15, 0.2) is 17.3 Å². The lowest BCUT2D eigenvalue weighted by atomic mass is 9.90. The van der Waals surface area contributed by atoms with E-state index in [1.165, 1.54) is 6.33 Å². The van der Waals surface area contributed by atoms with E-state index in [0.717, 1.165) is 23.9 Å². The number of nitrogens with zero attached hydrogens (tertiary/aromatic N) is 2. The van der Waals surface area contributed by atoms with Crippen molar-refractivity contribution in [3.8, 4) is 0 Å². The largest absolute Gasteiger partial charge is 0.444 e. The molecule has 1 amide bonds. The van der Waals surface area contributed by atoms with Gasteiger partial charge < -0.3 is 19.6 Å². The van der Waals surface area contributed by atoms with Crippen LogP contribution in [0.3, 0.4) is 0 Å². The molecule has 0 aromatic carbocycles. The lowest BCUT2D eigenvalue weighted by Gasteiger charge is -2.33. The highest BCUT2D eigenvalue weighted by molar-refractivity contribution is 5.78. The number of ether oxygens (including phenoxy) is 1. The topological polar surface area (TPSA) is 91.1 Å². The Balaban J connectivity index is 1.70. The normalized spacial score (nSPS) is 16.7. The van der Waals surface area contributed by atoms with Gasteiger partial charge in [0.15, 0.2) is 0 Å². The number of amides is 1. The molecule has 0 saturated carbocycles. The standard InChI is InChI=1S/C16H22N4O3/c1-16(2,3)23-15(22)20-6-4-10(5-7-20)11-8-17-13-12(11)18-9-19-14(13)21/h8-10,17H,4-7H2,1-3H3,(H,18,19,21). The van der Waals surface area contributed by atoms with E-state index in [1.807, 2.05) is 27.0 Å². The van der Waals surface area contributed by atoms with E-state index in [4.69, 9.17) is 4.74 Å². The Morgan fingerprint density at radius 2 is 2.00 bits per heavy atom. The molecular formula is C16H22N4O3. The molecular weight excluding hydrogens is 296 g/mol. The molecule has 1 fully saturated rings. The summed E-state index contributed by atoms with van der Waals surface area (Å²) >= 11 is 0. The first-order valence-corrected chi connectivity index (χ1v) is 7.88. The molecule has 2 aromatic heterocycles. The van der Waals surface area contributed by atoms with Crippen molar-refractivity contribution in [2.45, 2.75) is 45.1 Å². The van der Waals surface area contributed by atoms with E-state index >= 15 is 0 Å². The van der Waals surface area contributed by atoms with Crippen LogP contribution in [-0.2, 0) is 4.74 Å². The van der Waals surface area contributed by atoms with Gasteiger partial charge in [-0.2, -0.15) is 0 Å². The smallest absolute Gasteiger partial charge is 0.410 e. The average molecular weight is 318 g/mol. The summed E-state index contributed by atoms with van der Waals surface area (Å²) in [6, 6.07) is 0. The highest BCUT2D eigenvalue weighted by atomic mass is 16.6. The van der Waals surface area contributed by atoms with Gasteiger partial charge in [0.1, 0.15) is 11.1 Å². The first-order chi connectivity index (χ1) is 10.8. The number of aromatic nitrogens is 3. The van der Waals surface area contributed by atoms with Crippen molar-refractivity contribution in [3.63, 3.8) is 0 Å². The highest BCUT2D eigenvalue weighted by Crippen LogP contribution is 2.31. The third kappa shape index (κ3) is 3.23. The number of H-pyrrole nitrogens is 2. The van der Waals surface area contributed by atoms with Crippen LogP contribution in [0.4, 0.5) is 4.79 Å². The quantitative estimate of drug-likeness (QED) is 0.844. The van der Waals surface area contributed by atoms with Gasteiger partial charge in [-0.05, 0) is 45.1 Å². The van der Waals surface area contributed by atoms with Crippen LogP contribution >= 0.6 is 0 Å². The molecule has 0 spiro atoms. The summed E-state index contributed by atoms with van der Waals surface area (Å²) < 4.78 is 5.41. The Kier molecular flexibility index (Phi) is 3.87. The molecule has 0 atom stereocenters. The molecule has 1 aliphatic heterocycles. The molecule has 2 aromatic rings. The Hall–Kier alpha value is -2.31. The number of rotatable bonds is 1. The zero-order valence-electron chi connectivity index (χ0n) is 13.7. The second-order valence-electron chi connectivity index (χ2n) is 6.94. The van der Waals surface area contributed by atoms with E-state index in [1.54, 1.807) is 4.90 Å². The Bertz CT molecular complexity index is 763.